The van der Waals surface area contributed by atoms with Gasteiger partial charge >= 0.3 is 0 Å². The fourth-order valence-electron chi connectivity index (χ4n) is 2.19. The standard InChI is InChI=1S/C14H22N2S/c1-12-4-3-5-14(10-12)15-6-7-16-8-9-17-11-13(16)2/h3-5,10,13,15H,6-9,11H2,1-2H3. The van der Waals surface area contributed by atoms with E-state index in [1.807, 2.05) is 0 Å². The SMILES string of the molecule is Cc1cccc(NCCN2CCSCC2C)c1. The minimum atomic E-state index is 0.730. The highest BCUT2D eigenvalue weighted by Crippen LogP contribution is 2.15. The number of nitrogens with one attached hydrogen (secondary N) is 1. The van der Waals surface area contributed by atoms with Crippen molar-refractivity contribution in [3.63, 3.8) is 0 Å². The Morgan fingerprint density at radius 1 is 1.47 bits per heavy atom. The van der Waals surface area contributed by atoms with E-state index in [4.69, 9.17) is 0 Å². The Bertz CT molecular complexity index is 354. The lowest BCUT2D eigenvalue weighted by molar-refractivity contribution is 0.242. The Kier molecular flexibility index (Phi) is 4.75. The van der Waals surface area contributed by atoms with Crippen molar-refractivity contribution in [3.05, 3.63) is 29.8 Å². The summed E-state index contributed by atoms with van der Waals surface area (Å²) in [6.07, 6.45) is 0. The maximum absolute atomic E-state index is 3.50. The Morgan fingerprint density at radius 3 is 3.12 bits per heavy atom. The molecular weight excluding hydrogens is 228 g/mol. The van der Waals surface area contributed by atoms with Crippen LogP contribution in [0.3, 0.4) is 0 Å². The van der Waals surface area contributed by atoms with Gasteiger partial charge in [0.25, 0.3) is 0 Å². The first kappa shape index (κ1) is 12.8. The van der Waals surface area contributed by atoms with Crippen molar-refractivity contribution in [1.29, 1.82) is 0 Å². The smallest absolute Gasteiger partial charge is 0.0343 e. The van der Waals surface area contributed by atoms with Gasteiger partial charge in [-0.05, 0) is 31.5 Å². The van der Waals surface area contributed by atoms with E-state index in [9.17, 15) is 0 Å². The summed E-state index contributed by atoms with van der Waals surface area (Å²) in [5, 5.41) is 3.50. The number of benzene rings is 1. The molecular formula is C14H22N2S. The predicted molar refractivity (Wildman–Crippen MR) is 78.0 cm³/mol. The van der Waals surface area contributed by atoms with Gasteiger partial charge in [-0.1, -0.05) is 12.1 Å². The highest BCUT2D eigenvalue weighted by atomic mass is 32.2. The number of anilines is 1. The first-order chi connectivity index (χ1) is 8.25. The molecule has 1 aliphatic rings. The average Bonchev–Trinajstić information content (AvgIpc) is 2.32. The van der Waals surface area contributed by atoms with E-state index in [0.717, 1.165) is 19.1 Å². The van der Waals surface area contributed by atoms with Crippen LogP contribution >= 0.6 is 11.8 Å². The van der Waals surface area contributed by atoms with E-state index in [1.165, 1.54) is 29.3 Å². The summed E-state index contributed by atoms with van der Waals surface area (Å²) in [4.78, 5) is 2.58. The quantitative estimate of drug-likeness (QED) is 0.884. The van der Waals surface area contributed by atoms with Crippen LogP contribution < -0.4 is 5.32 Å². The van der Waals surface area contributed by atoms with Crippen LogP contribution in [0.15, 0.2) is 24.3 Å². The molecule has 1 saturated heterocycles. The zero-order valence-corrected chi connectivity index (χ0v) is 11.6. The number of rotatable bonds is 4. The van der Waals surface area contributed by atoms with Gasteiger partial charge in [0, 0.05) is 42.9 Å². The van der Waals surface area contributed by atoms with E-state index in [-0.39, 0.29) is 0 Å². The second-order valence-corrected chi connectivity index (χ2v) is 5.91. The van der Waals surface area contributed by atoms with Crippen LogP contribution in [0.25, 0.3) is 0 Å². The molecule has 0 spiro atoms. The summed E-state index contributed by atoms with van der Waals surface area (Å²) in [5.74, 6) is 2.57. The Balaban J connectivity index is 1.75. The molecule has 2 rings (SSSR count). The number of hydrogen-bond acceptors (Lipinski definition) is 3. The van der Waals surface area contributed by atoms with E-state index in [1.54, 1.807) is 0 Å². The van der Waals surface area contributed by atoms with Crippen LogP contribution in [0.4, 0.5) is 5.69 Å². The summed E-state index contributed by atoms with van der Waals surface area (Å²) < 4.78 is 0. The largest absolute Gasteiger partial charge is 0.384 e. The Morgan fingerprint density at radius 2 is 2.35 bits per heavy atom. The molecule has 1 atom stereocenters. The van der Waals surface area contributed by atoms with Gasteiger partial charge in [0.1, 0.15) is 0 Å². The minimum absolute atomic E-state index is 0.730. The van der Waals surface area contributed by atoms with Gasteiger partial charge in [-0.25, -0.2) is 0 Å². The molecule has 0 radical (unpaired) electrons. The third kappa shape index (κ3) is 3.93. The highest BCUT2D eigenvalue weighted by molar-refractivity contribution is 7.99. The molecule has 1 aliphatic heterocycles. The molecule has 0 saturated carbocycles. The van der Waals surface area contributed by atoms with E-state index in [0.29, 0.717) is 0 Å². The zero-order chi connectivity index (χ0) is 12.1. The third-order valence-electron chi connectivity index (χ3n) is 3.25. The Labute approximate surface area is 109 Å². The normalized spacial score (nSPS) is 21.4. The van der Waals surface area contributed by atoms with E-state index < -0.39 is 0 Å². The molecule has 0 amide bonds. The summed E-state index contributed by atoms with van der Waals surface area (Å²) in [7, 11) is 0. The first-order valence-corrected chi connectivity index (χ1v) is 7.53. The summed E-state index contributed by atoms with van der Waals surface area (Å²) >= 11 is 2.08. The monoisotopic (exact) mass is 250 g/mol. The van der Waals surface area contributed by atoms with Crippen molar-refractivity contribution < 1.29 is 0 Å². The second-order valence-electron chi connectivity index (χ2n) is 4.76. The van der Waals surface area contributed by atoms with Gasteiger partial charge in [0.05, 0.1) is 0 Å². The summed E-state index contributed by atoms with van der Waals surface area (Å²) in [5.41, 5.74) is 2.56. The van der Waals surface area contributed by atoms with Gasteiger partial charge < -0.3 is 5.32 Å². The van der Waals surface area contributed by atoms with Crippen LogP contribution in [-0.4, -0.2) is 42.1 Å². The fourth-order valence-corrected chi connectivity index (χ4v) is 3.27. The van der Waals surface area contributed by atoms with Crippen LogP contribution in [0.2, 0.25) is 0 Å². The predicted octanol–water partition coefficient (Wildman–Crippen LogP) is 2.84. The van der Waals surface area contributed by atoms with Crippen LogP contribution in [0.5, 0.6) is 0 Å². The molecule has 94 valence electrons. The lowest BCUT2D eigenvalue weighted by Crippen LogP contribution is -2.42. The highest BCUT2D eigenvalue weighted by Gasteiger charge is 2.17. The average molecular weight is 250 g/mol. The van der Waals surface area contributed by atoms with Crippen molar-refractivity contribution in [2.24, 2.45) is 0 Å². The zero-order valence-electron chi connectivity index (χ0n) is 10.8. The van der Waals surface area contributed by atoms with Crippen LogP contribution in [0, 0.1) is 6.92 Å². The number of aryl methyl sites for hydroxylation is 1. The van der Waals surface area contributed by atoms with Crippen molar-refractivity contribution in [2.45, 2.75) is 19.9 Å². The molecule has 0 aliphatic carbocycles. The van der Waals surface area contributed by atoms with Gasteiger partial charge in [0.15, 0.2) is 0 Å². The third-order valence-corrected chi connectivity index (χ3v) is 4.44. The lowest BCUT2D eigenvalue weighted by atomic mass is 10.2. The summed E-state index contributed by atoms with van der Waals surface area (Å²) in [6, 6.07) is 9.32. The fraction of sp³-hybridized carbons (Fsp3) is 0.571. The molecule has 1 unspecified atom stereocenters. The maximum atomic E-state index is 3.50. The number of nitrogens with zero attached hydrogens (tertiary/aromatic N) is 1. The topological polar surface area (TPSA) is 15.3 Å². The minimum Gasteiger partial charge on any atom is -0.384 e. The Hall–Kier alpha value is -0.670. The second kappa shape index (κ2) is 6.31. The maximum Gasteiger partial charge on any atom is 0.0343 e. The molecule has 2 nitrogen and oxygen atoms in total. The summed E-state index contributed by atoms with van der Waals surface area (Å²) in [6.45, 7) is 7.89. The van der Waals surface area contributed by atoms with Crippen molar-refractivity contribution in [3.8, 4) is 0 Å². The molecule has 0 bridgehead atoms. The van der Waals surface area contributed by atoms with Crippen molar-refractivity contribution >= 4 is 17.4 Å². The van der Waals surface area contributed by atoms with Gasteiger partial charge in [-0.2, -0.15) is 11.8 Å². The molecule has 1 aromatic carbocycles. The molecule has 3 heteroatoms. The van der Waals surface area contributed by atoms with Crippen molar-refractivity contribution in [1.82, 2.24) is 4.90 Å². The first-order valence-electron chi connectivity index (χ1n) is 6.38. The molecule has 1 N–H and O–H groups in total. The van der Waals surface area contributed by atoms with Gasteiger partial charge in [-0.3, -0.25) is 4.90 Å². The molecule has 1 heterocycles. The molecule has 1 aromatic rings. The van der Waals surface area contributed by atoms with Crippen LogP contribution in [-0.2, 0) is 0 Å². The van der Waals surface area contributed by atoms with Gasteiger partial charge in [-0.15, -0.1) is 0 Å². The van der Waals surface area contributed by atoms with E-state index in [2.05, 4.69) is 60.1 Å². The van der Waals surface area contributed by atoms with Crippen LogP contribution in [0.1, 0.15) is 12.5 Å². The van der Waals surface area contributed by atoms with Crippen molar-refractivity contribution in [2.75, 3.05) is 36.5 Å². The van der Waals surface area contributed by atoms with E-state index >= 15 is 0 Å². The molecule has 0 aromatic heterocycles. The van der Waals surface area contributed by atoms with Gasteiger partial charge in [0.2, 0.25) is 0 Å². The lowest BCUT2D eigenvalue weighted by Gasteiger charge is -2.33. The number of hydrogen-bond donors (Lipinski definition) is 1. The number of thioether (sulfide) groups is 1. The molecule has 1 fully saturated rings. The molecule has 17 heavy (non-hydrogen) atoms.